The van der Waals surface area contributed by atoms with Gasteiger partial charge in [0.25, 0.3) is 0 Å². The Balaban J connectivity index is 1.51. The van der Waals surface area contributed by atoms with Crippen LogP contribution in [-0.2, 0) is 4.74 Å². The predicted molar refractivity (Wildman–Crippen MR) is 132 cm³/mol. The Hall–Kier alpha value is -3.92. The van der Waals surface area contributed by atoms with Crippen molar-refractivity contribution >= 4 is 23.3 Å². The molecule has 4 heterocycles. The summed E-state index contributed by atoms with van der Waals surface area (Å²) in [5, 5.41) is 9.47. The number of anilines is 3. The highest BCUT2D eigenvalue weighted by atomic mass is 16.5. The summed E-state index contributed by atoms with van der Waals surface area (Å²) in [5.41, 5.74) is 5.42. The molecule has 1 saturated heterocycles. The largest absolute Gasteiger partial charge is 0.450 e. The van der Waals surface area contributed by atoms with E-state index in [-0.39, 0.29) is 0 Å². The van der Waals surface area contributed by atoms with Crippen LogP contribution in [0.3, 0.4) is 0 Å². The van der Waals surface area contributed by atoms with Crippen LogP contribution in [0.1, 0.15) is 6.92 Å². The molecule has 0 spiro atoms. The van der Waals surface area contributed by atoms with Gasteiger partial charge in [0, 0.05) is 55.8 Å². The fourth-order valence-corrected chi connectivity index (χ4v) is 4.22. The molecule has 2 aliphatic heterocycles. The lowest BCUT2D eigenvalue weighted by Gasteiger charge is -2.33. The number of hydrogen-bond donors (Lipinski definition) is 3. The van der Waals surface area contributed by atoms with Crippen LogP contribution in [0.25, 0.3) is 22.4 Å². The summed E-state index contributed by atoms with van der Waals surface area (Å²) in [6, 6.07) is 10.1. The molecule has 0 aliphatic carbocycles. The Kier molecular flexibility index (Phi) is 6.13. The lowest BCUT2D eigenvalue weighted by Crippen LogP contribution is -2.44. The molecule has 5 rings (SSSR count). The van der Waals surface area contributed by atoms with Crippen LogP contribution in [0.2, 0.25) is 0 Å². The van der Waals surface area contributed by atoms with Crippen molar-refractivity contribution in [2.24, 2.45) is 0 Å². The molecule has 176 valence electrons. The van der Waals surface area contributed by atoms with Gasteiger partial charge < -0.3 is 25.2 Å². The number of alkyl carbamates (subject to hydrolysis) is 1. The Morgan fingerprint density at radius 1 is 1.15 bits per heavy atom. The van der Waals surface area contributed by atoms with Gasteiger partial charge in [0.05, 0.1) is 23.7 Å². The van der Waals surface area contributed by atoms with Crippen LogP contribution in [0.5, 0.6) is 0 Å². The average Bonchev–Trinajstić information content (AvgIpc) is 3.27. The highest BCUT2D eigenvalue weighted by molar-refractivity contribution is 5.94. The molecule has 2 aliphatic rings. The van der Waals surface area contributed by atoms with Crippen LogP contribution in [0.15, 0.2) is 49.1 Å². The van der Waals surface area contributed by atoms with Gasteiger partial charge in [0.1, 0.15) is 12.1 Å². The van der Waals surface area contributed by atoms with Crippen LogP contribution in [0.4, 0.5) is 22.0 Å². The number of ether oxygens (including phenoxy) is 1. The molecule has 34 heavy (non-hydrogen) atoms. The number of nitrogens with zero attached hydrogens (tertiary/aromatic N) is 5. The molecule has 1 unspecified atom stereocenters. The van der Waals surface area contributed by atoms with E-state index in [4.69, 9.17) is 4.74 Å². The quantitative estimate of drug-likeness (QED) is 0.530. The van der Waals surface area contributed by atoms with Crippen molar-refractivity contribution in [2.45, 2.75) is 13.2 Å². The maximum atomic E-state index is 12.0. The first-order chi connectivity index (χ1) is 16.6. The van der Waals surface area contributed by atoms with Gasteiger partial charge in [0.2, 0.25) is 0 Å². The van der Waals surface area contributed by atoms with Crippen molar-refractivity contribution in [3.63, 3.8) is 0 Å². The molecular weight excluding hydrogens is 432 g/mol. The molecule has 10 heteroatoms. The second kappa shape index (κ2) is 9.52. The van der Waals surface area contributed by atoms with Gasteiger partial charge in [0.15, 0.2) is 6.29 Å². The lowest BCUT2D eigenvalue weighted by molar-refractivity contribution is 0.150. The minimum atomic E-state index is -0.504. The molecule has 3 N–H and O–H groups in total. The van der Waals surface area contributed by atoms with Crippen molar-refractivity contribution in [3.8, 4) is 22.4 Å². The van der Waals surface area contributed by atoms with Crippen molar-refractivity contribution in [3.05, 3.63) is 49.1 Å². The Morgan fingerprint density at radius 2 is 2.00 bits per heavy atom. The number of carbonyl (C=O) groups excluding carboxylic acids is 1. The van der Waals surface area contributed by atoms with Crippen molar-refractivity contribution in [1.82, 2.24) is 25.2 Å². The summed E-state index contributed by atoms with van der Waals surface area (Å²) < 4.78 is 5.03. The molecular formula is C24H28N8O2. The summed E-state index contributed by atoms with van der Waals surface area (Å²) in [6.45, 7) is 5.92. The van der Waals surface area contributed by atoms with Crippen LogP contribution in [-0.4, -0.2) is 72.1 Å². The van der Waals surface area contributed by atoms with E-state index in [1.54, 1.807) is 19.4 Å². The van der Waals surface area contributed by atoms with Crippen molar-refractivity contribution in [2.75, 3.05) is 55.4 Å². The van der Waals surface area contributed by atoms with Gasteiger partial charge in [-0.15, -0.1) is 0 Å². The molecule has 1 amide bonds. The highest BCUT2D eigenvalue weighted by Gasteiger charge is 2.26. The second-order valence-corrected chi connectivity index (χ2v) is 8.33. The number of rotatable bonds is 5. The maximum Gasteiger partial charge on any atom is 0.410 e. The van der Waals surface area contributed by atoms with E-state index in [9.17, 15) is 4.79 Å². The van der Waals surface area contributed by atoms with E-state index in [0.29, 0.717) is 6.61 Å². The third-order valence-electron chi connectivity index (χ3n) is 6.02. The Morgan fingerprint density at radius 3 is 2.76 bits per heavy atom. The summed E-state index contributed by atoms with van der Waals surface area (Å²) in [7, 11) is 2.13. The standard InChI is InChI=1S/C24H28N8O2/c1-3-34-24(33)30-23-28-20-12-17(16-5-4-6-25-14-16)11-18(22(20)29-23)19-13-21(27-15-26-19)32-9-7-31(2)8-10-32/h4-6,11-15,23,28-29H,3,7-10H2,1-2H3,(H,30,33). The Labute approximate surface area is 198 Å². The van der Waals surface area contributed by atoms with Gasteiger partial charge in [-0.05, 0) is 37.7 Å². The number of fused-ring (bicyclic) bond motifs is 1. The van der Waals surface area contributed by atoms with E-state index in [0.717, 1.165) is 65.8 Å². The van der Waals surface area contributed by atoms with Crippen LogP contribution < -0.4 is 20.9 Å². The van der Waals surface area contributed by atoms with Gasteiger partial charge >= 0.3 is 6.09 Å². The number of benzene rings is 1. The smallest absolute Gasteiger partial charge is 0.410 e. The highest BCUT2D eigenvalue weighted by Crippen LogP contribution is 2.41. The van der Waals surface area contributed by atoms with Crippen molar-refractivity contribution in [1.29, 1.82) is 0 Å². The zero-order chi connectivity index (χ0) is 23.5. The monoisotopic (exact) mass is 460 g/mol. The molecule has 1 fully saturated rings. The van der Waals surface area contributed by atoms with Crippen LogP contribution in [0, 0.1) is 0 Å². The second-order valence-electron chi connectivity index (χ2n) is 8.33. The first kappa shape index (κ1) is 21.9. The summed E-state index contributed by atoms with van der Waals surface area (Å²) in [4.78, 5) is 30.0. The molecule has 10 nitrogen and oxygen atoms in total. The fraction of sp³-hybridized carbons (Fsp3) is 0.333. The topological polar surface area (TPSA) is 108 Å². The summed E-state index contributed by atoms with van der Waals surface area (Å²) in [5.74, 6) is 0.908. The van der Waals surface area contributed by atoms with E-state index >= 15 is 0 Å². The van der Waals surface area contributed by atoms with Gasteiger partial charge in [-0.25, -0.2) is 14.8 Å². The summed E-state index contributed by atoms with van der Waals surface area (Å²) >= 11 is 0. The minimum absolute atomic E-state index is 0.303. The number of likely N-dealkylation sites (N-methyl/N-ethyl adjacent to an activating group) is 1. The molecule has 0 bridgehead atoms. The maximum absolute atomic E-state index is 12.0. The van der Waals surface area contributed by atoms with Gasteiger partial charge in [-0.1, -0.05) is 6.07 Å². The first-order valence-corrected chi connectivity index (χ1v) is 11.4. The number of carbonyl (C=O) groups is 1. The fourth-order valence-electron chi connectivity index (χ4n) is 4.22. The molecule has 1 aromatic carbocycles. The molecule has 2 aromatic heterocycles. The first-order valence-electron chi connectivity index (χ1n) is 11.4. The SMILES string of the molecule is CCOC(=O)NC1Nc2cc(-c3cccnc3)cc(-c3cc(N4CCN(C)CC4)ncn3)c2N1. The number of amides is 1. The third kappa shape index (κ3) is 4.58. The zero-order valence-corrected chi connectivity index (χ0v) is 19.3. The normalized spacial score (nSPS) is 17.5. The average molecular weight is 461 g/mol. The van der Waals surface area contributed by atoms with Crippen LogP contribution >= 0.6 is 0 Å². The lowest BCUT2D eigenvalue weighted by atomic mass is 9.99. The summed E-state index contributed by atoms with van der Waals surface area (Å²) in [6.07, 6.45) is 4.20. The third-order valence-corrected chi connectivity index (χ3v) is 6.02. The molecule has 0 saturated carbocycles. The van der Waals surface area contributed by atoms with Crippen molar-refractivity contribution < 1.29 is 9.53 Å². The number of nitrogens with one attached hydrogen (secondary N) is 3. The number of pyridine rings is 1. The molecule has 0 radical (unpaired) electrons. The zero-order valence-electron chi connectivity index (χ0n) is 19.3. The van der Waals surface area contributed by atoms with E-state index in [2.05, 4.69) is 53.8 Å². The minimum Gasteiger partial charge on any atom is -0.450 e. The van der Waals surface area contributed by atoms with E-state index < -0.39 is 12.4 Å². The molecule has 3 aromatic rings. The van der Waals surface area contributed by atoms with Gasteiger partial charge in [-0.3, -0.25) is 10.3 Å². The number of hydrogen-bond acceptors (Lipinski definition) is 9. The van der Waals surface area contributed by atoms with E-state index in [1.165, 1.54) is 0 Å². The number of aromatic nitrogens is 3. The molecule has 1 atom stereocenters. The Bertz CT molecular complexity index is 1160. The van der Waals surface area contributed by atoms with Gasteiger partial charge in [-0.2, -0.15) is 0 Å². The number of piperazine rings is 1. The van der Waals surface area contributed by atoms with E-state index in [1.807, 2.05) is 30.5 Å². The predicted octanol–water partition coefficient (Wildman–Crippen LogP) is 2.82.